The highest BCUT2D eigenvalue weighted by molar-refractivity contribution is 7.99. The molecule has 4 rings (SSSR count). The van der Waals surface area contributed by atoms with Gasteiger partial charge in [-0.1, -0.05) is 49.0 Å². The number of thioether (sulfide) groups is 1. The SMILES string of the molecule is CCCN(CC1CC1)C(=O)CSc1nnc(-c2ccc(F)cc2)n1Cc1ccccc1. The zero-order chi connectivity index (χ0) is 21.6. The summed E-state index contributed by atoms with van der Waals surface area (Å²) >= 11 is 1.42. The van der Waals surface area contributed by atoms with Crippen LogP contribution in [-0.4, -0.2) is 44.4 Å². The molecule has 162 valence electrons. The molecule has 1 fully saturated rings. The highest BCUT2D eigenvalue weighted by Gasteiger charge is 2.26. The Labute approximate surface area is 186 Å². The molecule has 0 spiro atoms. The number of hydrogen-bond acceptors (Lipinski definition) is 4. The molecule has 0 saturated heterocycles. The van der Waals surface area contributed by atoms with Gasteiger partial charge in [0.15, 0.2) is 11.0 Å². The van der Waals surface area contributed by atoms with Crippen LogP contribution in [0.15, 0.2) is 59.8 Å². The van der Waals surface area contributed by atoms with E-state index in [2.05, 4.69) is 17.1 Å². The lowest BCUT2D eigenvalue weighted by atomic mass is 10.2. The third kappa shape index (κ3) is 5.73. The maximum absolute atomic E-state index is 13.4. The van der Waals surface area contributed by atoms with Gasteiger partial charge in [-0.25, -0.2) is 4.39 Å². The van der Waals surface area contributed by atoms with Gasteiger partial charge in [-0.2, -0.15) is 0 Å². The van der Waals surface area contributed by atoms with Crippen molar-refractivity contribution in [2.24, 2.45) is 5.92 Å². The number of amides is 1. The predicted molar refractivity (Wildman–Crippen MR) is 121 cm³/mol. The highest BCUT2D eigenvalue weighted by atomic mass is 32.2. The molecular formula is C24H27FN4OS. The lowest BCUT2D eigenvalue weighted by Gasteiger charge is -2.21. The summed E-state index contributed by atoms with van der Waals surface area (Å²) in [6, 6.07) is 16.3. The van der Waals surface area contributed by atoms with Crippen molar-refractivity contribution in [1.29, 1.82) is 0 Å². The summed E-state index contributed by atoms with van der Waals surface area (Å²) in [6.07, 6.45) is 3.42. The van der Waals surface area contributed by atoms with Gasteiger partial charge >= 0.3 is 0 Å². The number of hydrogen-bond donors (Lipinski definition) is 0. The Kier molecular flexibility index (Phi) is 7.02. The quantitative estimate of drug-likeness (QED) is 0.424. The maximum Gasteiger partial charge on any atom is 0.233 e. The maximum atomic E-state index is 13.4. The third-order valence-electron chi connectivity index (χ3n) is 5.35. The lowest BCUT2D eigenvalue weighted by Crippen LogP contribution is -2.35. The first-order valence-corrected chi connectivity index (χ1v) is 11.8. The molecular weight excluding hydrogens is 411 g/mol. The average molecular weight is 439 g/mol. The van der Waals surface area contributed by atoms with Gasteiger partial charge < -0.3 is 4.90 Å². The first-order chi connectivity index (χ1) is 15.1. The minimum Gasteiger partial charge on any atom is -0.342 e. The van der Waals surface area contributed by atoms with Crippen LogP contribution in [0.4, 0.5) is 4.39 Å². The van der Waals surface area contributed by atoms with Gasteiger partial charge in [-0.05, 0) is 55.0 Å². The number of carbonyl (C=O) groups excluding carboxylic acids is 1. The van der Waals surface area contributed by atoms with E-state index in [1.54, 1.807) is 12.1 Å². The second kappa shape index (κ2) is 10.1. The molecule has 1 aliphatic carbocycles. The molecule has 5 nitrogen and oxygen atoms in total. The van der Waals surface area contributed by atoms with Crippen molar-refractivity contribution in [1.82, 2.24) is 19.7 Å². The van der Waals surface area contributed by atoms with Crippen LogP contribution < -0.4 is 0 Å². The largest absolute Gasteiger partial charge is 0.342 e. The fraction of sp³-hybridized carbons (Fsp3) is 0.375. The molecule has 0 atom stereocenters. The van der Waals surface area contributed by atoms with Crippen molar-refractivity contribution in [3.8, 4) is 11.4 Å². The van der Waals surface area contributed by atoms with Gasteiger partial charge in [0, 0.05) is 18.7 Å². The fourth-order valence-electron chi connectivity index (χ4n) is 3.53. The van der Waals surface area contributed by atoms with E-state index in [1.807, 2.05) is 39.8 Å². The molecule has 0 N–H and O–H groups in total. The number of carbonyl (C=O) groups is 1. The van der Waals surface area contributed by atoms with E-state index in [9.17, 15) is 9.18 Å². The number of aromatic nitrogens is 3. The van der Waals surface area contributed by atoms with Crippen molar-refractivity contribution >= 4 is 17.7 Å². The standard InChI is InChI=1S/C24H27FN4OS/c1-2-14-28(15-19-8-9-19)22(30)17-31-24-27-26-23(20-10-12-21(25)13-11-20)29(24)16-18-6-4-3-5-7-18/h3-7,10-13,19H,2,8-9,14-17H2,1H3. The number of halogens is 1. The van der Waals surface area contributed by atoms with Crippen LogP contribution in [0.5, 0.6) is 0 Å². The second-order valence-electron chi connectivity index (χ2n) is 7.96. The molecule has 0 bridgehead atoms. The molecule has 3 aromatic rings. The zero-order valence-electron chi connectivity index (χ0n) is 17.7. The van der Waals surface area contributed by atoms with E-state index in [0.29, 0.717) is 29.2 Å². The van der Waals surface area contributed by atoms with E-state index in [1.165, 1.54) is 36.7 Å². The average Bonchev–Trinajstić information content (AvgIpc) is 3.52. The van der Waals surface area contributed by atoms with E-state index in [-0.39, 0.29) is 11.7 Å². The summed E-state index contributed by atoms with van der Waals surface area (Å²) in [6.45, 7) is 4.35. The minimum absolute atomic E-state index is 0.149. The topological polar surface area (TPSA) is 51.0 Å². The molecule has 1 aromatic heterocycles. The van der Waals surface area contributed by atoms with Gasteiger partial charge in [0.05, 0.1) is 12.3 Å². The Morgan fingerprint density at radius 1 is 1.13 bits per heavy atom. The Bertz CT molecular complexity index is 1000. The van der Waals surface area contributed by atoms with Crippen LogP contribution in [0.25, 0.3) is 11.4 Å². The van der Waals surface area contributed by atoms with E-state index >= 15 is 0 Å². The summed E-state index contributed by atoms with van der Waals surface area (Å²) in [5.41, 5.74) is 1.91. The fourth-order valence-corrected chi connectivity index (χ4v) is 4.37. The second-order valence-corrected chi connectivity index (χ2v) is 8.90. The van der Waals surface area contributed by atoms with Crippen LogP contribution in [0.3, 0.4) is 0 Å². The molecule has 0 unspecified atom stereocenters. The van der Waals surface area contributed by atoms with Crippen LogP contribution in [0.2, 0.25) is 0 Å². The first-order valence-electron chi connectivity index (χ1n) is 10.8. The molecule has 1 amide bonds. The highest BCUT2D eigenvalue weighted by Crippen LogP contribution is 2.30. The monoisotopic (exact) mass is 438 g/mol. The van der Waals surface area contributed by atoms with Gasteiger partial charge in [0.1, 0.15) is 5.82 Å². The van der Waals surface area contributed by atoms with Crippen molar-refractivity contribution in [3.05, 3.63) is 66.0 Å². The summed E-state index contributed by atoms with van der Waals surface area (Å²) in [5, 5.41) is 9.44. The van der Waals surface area contributed by atoms with Gasteiger partial charge in [0.25, 0.3) is 0 Å². The Balaban J connectivity index is 1.54. The molecule has 2 aromatic carbocycles. The summed E-state index contributed by atoms with van der Waals surface area (Å²) < 4.78 is 15.4. The summed E-state index contributed by atoms with van der Waals surface area (Å²) in [7, 11) is 0. The third-order valence-corrected chi connectivity index (χ3v) is 6.30. The molecule has 31 heavy (non-hydrogen) atoms. The first kappa shape index (κ1) is 21.6. The van der Waals surface area contributed by atoms with Crippen molar-refractivity contribution in [2.75, 3.05) is 18.8 Å². The van der Waals surface area contributed by atoms with Crippen molar-refractivity contribution in [3.63, 3.8) is 0 Å². The summed E-state index contributed by atoms with van der Waals surface area (Å²) in [4.78, 5) is 14.8. The molecule has 7 heteroatoms. The van der Waals surface area contributed by atoms with Gasteiger partial charge in [-0.3, -0.25) is 9.36 Å². The van der Waals surface area contributed by atoms with E-state index < -0.39 is 0 Å². The number of nitrogens with zero attached hydrogens (tertiary/aromatic N) is 4. The predicted octanol–water partition coefficient (Wildman–Crippen LogP) is 4.87. The molecule has 1 heterocycles. The molecule has 1 aliphatic rings. The van der Waals surface area contributed by atoms with Gasteiger partial charge in [0.2, 0.25) is 5.91 Å². The van der Waals surface area contributed by atoms with Crippen molar-refractivity contribution in [2.45, 2.75) is 37.9 Å². The molecule has 1 saturated carbocycles. The number of rotatable bonds is 10. The van der Waals surface area contributed by atoms with Crippen LogP contribution in [-0.2, 0) is 11.3 Å². The van der Waals surface area contributed by atoms with E-state index in [0.717, 1.165) is 30.6 Å². The minimum atomic E-state index is -0.287. The van der Waals surface area contributed by atoms with E-state index in [4.69, 9.17) is 0 Å². The van der Waals surface area contributed by atoms with Crippen molar-refractivity contribution < 1.29 is 9.18 Å². The summed E-state index contributed by atoms with van der Waals surface area (Å²) in [5.74, 6) is 1.54. The van der Waals surface area contributed by atoms with Crippen LogP contribution >= 0.6 is 11.8 Å². The number of benzene rings is 2. The zero-order valence-corrected chi connectivity index (χ0v) is 18.5. The van der Waals surface area contributed by atoms with Crippen LogP contribution in [0.1, 0.15) is 31.7 Å². The molecule has 0 radical (unpaired) electrons. The van der Waals surface area contributed by atoms with Crippen LogP contribution in [0, 0.1) is 11.7 Å². The van der Waals surface area contributed by atoms with Gasteiger partial charge in [-0.15, -0.1) is 10.2 Å². The Hall–Kier alpha value is -2.67. The normalized spacial score (nSPS) is 13.4. The molecule has 0 aliphatic heterocycles. The smallest absolute Gasteiger partial charge is 0.233 e. The lowest BCUT2D eigenvalue weighted by molar-refractivity contribution is -0.128. The Morgan fingerprint density at radius 2 is 1.87 bits per heavy atom. The Morgan fingerprint density at radius 3 is 2.55 bits per heavy atom.